The maximum Gasteiger partial charge on any atom is 0.226 e. The van der Waals surface area contributed by atoms with Crippen LogP contribution < -0.4 is 10.6 Å². The van der Waals surface area contributed by atoms with Crippen LogP contribution in [0.5, 0.6) is 0 Å². The third-order valence-electron chi connectivity index (χ3n) is 1.65. The summed E-state index contributed by atoms with van der Waals surface area (Å²) in [6.45, 7) is 2.35. The molecule has 0 fully saturated rings. The lowest BCUT2D eigenvalue weighted by Gasteiger charge is -2.04. The Bertz CT molecular complexity index is 324. The van der Waals surface area contributed by atoms with Gasteiger partial charge < -0.3 is 10.6 Å². The molecule has 0 aliphatic rings. The third-order valence-corrected chi connectivity index (χ3v) is 2.28. The molecule has 5 nitrogen and oxygen atoms in total. The second-order valence-corrected chi connectivity index (χ2v) is 3.71. The van der Waals surface area contributed by atoms with Crippen molar-refractivity contribution in [2.45, 2.75) is 13.3 Å². The van der Waals surface area contributed by atoms with Gasteiger partial charge >= 0.3 is 0 Å². The van der Waals surface area contributed by atoms with Crippen LogP contribution in [0.2, 0.25) is 0 Å². The number of nitrogens with zero attached hydrogens (tertiary/aromatic N) is 1. The molecule has 82 valence electrons. The van der Waals surface area contributed by atoms with Gasteiger partial charge in [-0.1, -0.05) is 0 Å². The number of rotatable bonds is 5. The molecule has 15 heavy (non-hydrogen) atoms. The van der Waals surface area contributed by atoms with Crippen LogP contribution in [0, 0.1) is 0 Å². The van der Waals surface area contributed by atoms with E-state index in [0.717, 1.165) is 5.69 Å². The molecule has 1 aromatic heterocycles. The predicted molar refractivity (Wildman–Crippen MR) is 57.5 cm³/mol. The van der Waals surface area contributed by atoms with E-state index in [-0.39, 0.29) is 11.8 Å². The highest BCUT2D eigenvalue weighted by molar-refractivity contribution is 7.07. The molecule has 2 N–H and O–H groups in total. The molecule has 0 saturated heterocycles. The van der Waals surface area contributed by atoms with Crippen molar-refractivity contribution in [2.24, 2.45) is 0 Å². The first-order valence-corrected chi connectivity index (χ1v) is 5.51. The lowest BCUT2D eigenvalue weighted by molar-refractivity contribution is -0.121. The van der Waals surface area contributed by atoms with Crippen molar-refractivity contribution in [2.75, 3.05) is 13.1 Å². The lowest BCUT2D eigenvalue weighted by atomic mass is 10.3. The number of nitrogens with one attached hydrogen (secondary N) is 2. The first-order chi connectivity index (χ1) is 7.18. The largest absolute Gasteiger partial charge is 0.355 e. The van der Waals surface area contributed by atoms with Crippen molar-refractivity contribution in [3.8, 4) is 0 Å². The highest BCUT2D eigenvalue weighted by Gasteiger charge is 2.03. The lowest BCUT2D eigenvalue weighted by Crippen LogP contribution is -2.34. The minimum atomic E-state index is -0.0937. The predicted octanol–water partition coefficient (Wildman–Crippen LogP) is -0.0621. The van der Waals surface area contributed by atoms with E-state index in [1.165, 1.54) is 18.3 Å². The number of carbonyl (C=O) groups is 2. The van der Waals surface area contributed by atoms with Gasteiger partial charge in [-0.15, -0.1) is 11.3 Å². The molecule has 1 heterocycles. The summed E-state index contributed by atoms with van der Waals surface area (Å²) in [7, 11) is 0. The maximum absolute atomic E-state index is 11.3. The van der Waals surface area contributed by atoms with Gasteiger partial charge in [0.05, 0.1) is 17.6 Å². The van der Waals surface area contributed by atoms with Gasteiger partial charge in [0.1, 0.15) is 0 Å². The molecule has 0 saturated carbocycles. The van der Waals surface area contributed by atoms with Crippen LogP contribution in [0.25, 0.3) is 0 Å². The second kappa shape index (κ2) is 6.13. The van der Waals surface area contributed by atoms with E-state index < -0.39 is 0 Å². The highest BCUT2D eigenvalue weighted by atomic mass is 32.1. The molecule has 0 aromatic carbocycles. The molecule has 0 aliphatic carbocycles. The van der Waals surface area contributed by atoms with Crippen molar-refractivity contribution in [3.05, 3.63) is 16.6 Å². The molecule has 1 aromatic rings. The summed E-state index contributed by atoms with van der Waals surface area (Å²) in [5.41, 5.74) is 2.47. The molecule has 0 radical (unpaired) electrons. The number of thiazole rings is 1. The summed E-state index contributed by atoms with van der Waals surface area (Å²) in [6.07, 6.45) is 0.295. The van der Waals surface area contributed by atoms with Crippen LogP contribution in [-0.4, -0.2) is 29.9 Å². The average Bonchev–Trinajstić information content (AvgIpc) is 2.64. The quantitative estimate of drug-likeness (QED) is 0.692. The molecule has 6 heteroatoms. The third kappa shape index (κ3) is 5.11. The SMILES string of the molecule is CC(=O)NCCNC(=O)Cc1cscn1. The van der Waals surface area contributed by atoms with E-state index in [0.29, 0.717) is 19.5 Å². The van der Waals surface area contributed by atoms with Gasteiger partial charge in [0.2, 0.25) is 11.8 Å². The zero-order valence-electron chi connectivity index (χ0n) is 8.45. The molecule has 1 rings (SSSR count). The Kier molecular flexibility index (Phi) is 4.76. The Hall–Kier alpha value is -1.43. The number of amides is 2. The monoisotopic (exact) mass is 227 g/mol. The fourth-order valence-electron chi connectivity index (χ4n) is 0.992. The van der Waals surface area contributed by atoms with Crippen molar-refractivity contribution in [3.63, 3.8) is 0 Å². The molecule has 2 amide bonds. The summed E-state index contributed by atoms with van der Waals surface area (Å²) in [6, 6.07) is 0. The van der Waals surface area contributed by atoms with Crippen molar-refractivity contribution in [1.29, 1.82) is 0 Å². The topological polar surface area (TPSA) is 71.1 Å². The van der Waals surface area contributed by atoms with Crippen LogP contribution in [0.1, 0.15) is 12.6 Å². The number of hydrogen-bond acceptors (Lipinski definition) is 4. The minimum Gasteiger partial charge on any atom is -0.355 e. The molecule has 0 bridgehead atoms. The minimum absolute atomic E-state index is 0.0775. The molecular formula is C9H13N3O2S. The number of hydrogen-bond donors (Lipinski definition) is 2. The van der Waals surface area contributed by atoms with Crippen LogP contribution in [0.3, 0.4) is 0 Å². The maximum atomic E-state index is 11.3. The van der Waals surface area contributed by atoms with E-state index in [1.807, 2.05) is 5.38 Å². The summed E-state index contributed by atoms with van der Waals surface area (Å²) in [5, 5.41) is 7.12. The molecule has 0 atom stereocenters. The van der Waals surface area contributed by atoms with E-state index in [2.05, 4.69) is 15.6 Å². The van der Waals surface area contributed by atoms with Crippen LogP contribution in [0.15, 0.2) is 10.9 Å². The summed E-state index contributed by atoms with van der Waals surface area (Å²) >= 11 is 1.47. The Labute approximate surface area is 91.9 Å². The van der Waals surface area contributed by atoms with Gasteiger partial charge in [-0.25, -0.2) is 4.98 Å². The zero-order chi connectivity index (χ0) is 11.1. The van der Waals surface area contributed by atoms with Gasteiger partial charge in [-0.3, -0.25) is 9.59 Å². The van der Waals surface area contributed by atoms with Crippen molar-refractivity contribution < 1.29 is 9.59 Å². The van der Waals surface area contributed by atoms with Crippen LogP contribution >= 0.6 is 11.3 Å². The highest BCUT2D eigenvalue weighted by Crippen LogP contribution is 2.00. The standard InChI is InChI=1S/C9H13N3O2S/c1-7(13)10-2-3-11-9(14)4-8-5-15-6-12-8/h5-6H,2-4H2,1H3,(H,10,13)(H,11,14). The van der Waals surface area contributed by atoms with E-state index >= 15 is 0 Å². The summed E-state index contributed by atoms with van der Waals surface area (Å²) in [5.74, 6) is -0.171. The van der Waals surface area contributed by atoms with Crippen molar-refractivity contribution >= 4 is 23.2 Å². The Balaban J connectivity index is 2.11. The van der Waals surface area contributed by atoms with Gasteiger partial charge in [-0.2, -0.15) is 0 Å². The van der Waals surface area contributed by atoms with Gasteiger partial charge in [0, 0.05) is 25.4 Å². The normalized spacial score (nSPS) is 9.67. The van der Waals surface area contributed by atoms with Gasteiger partial charge in [0.15, 0.2) is 0 Å². The van der Waals surface area contributed by atoms with E-state index in [9.17, 15) is 9.59 Å². The Morgan fingerprint density at radius 1 is 1.40 bits per heavy atom. The zero-order valence-corrected chi connectivity index (χ0v) is 9.26. The second-order valence-electron chi connectivity index (χ2n) is 2.99. The fraction of sp³-hybridized carbons (Fsp3) is 0.444. The molecule has 0 unspecified atom stereocenters. The fourth-order valence-corrected chi connectivity index (χ4v) is 1.55. The molecule has 0 spiro atoms. The van der Waals surface area contributed by atoms with Crippen molar-refractivity contribution in [1.82, 2.24) is 15.6 Å². The molecule has 0 aliphatic heterocycles. The summed E-state index contributed by atoms with van der Waals surface area (Å²) < 4.78 is 0. The van der Waals surface area contributed by atoms with Crippen LogP contribution in [-0.2, 0) is 16.0 Å². The Morgan fingerprint density at radius 2 is 2.13 bits per heavy atom. The average molecular weight is 227 g/mol. The van der Waals surface area contributed by atoms with E-state index in [4.69, 9.17) is 0 Å². The first kappa shape index (κ1) is 11.6. The van der Waals surface area contributed by atoms with Crippen LogP contribution in [0.4, 0.5) is 0 Å². The van der Waals surface area contributed by atoms with Gasteiger partial charge in [-0.05, 0) is 0 Å². The number of carbonyl (C=O) groups excluding carboxylic acids is 2. The smallest absolute Gasteiger partial charge is 0.226 e. The molecular weight excluding hydrogens is 214 g/mol. The number of aromatic nitrogens is 1. The summed E-state index contributed by atoms with van der Waals surface area (Å²) in [4.78, 5) is 25.8. The first-order valence-electron chi connectivity index (χ1n) is 4.56. The van der Waals surface area contributed by atoms with E-state index in [1.54, 1.807) is 5.51 Å². The Morgan fingerprint density at radius 3 is 2.73 bits per heavy atom. The van der Waals surface area contributed by atoms with Gasteiger partial charge in [0.25, 0.3) is 0 Å².